The Balaban J connectivity index is 2.03. The number of hydrogen-bond donors (Lipinski definition) is 2. The van der Waals surface area contributed by atoms with Crippen molar-refractivity contribution >= 4 is 17.2 Å². The summed E-state index contributed by atoms with van der Waals surface area (Å²) in [6, 6.07) is 9.84. The molecule has 0 spiro atoms. The van der Waals surface area contributed by atoms with Crippen LogP contribution in [0.4, 0.5) is 0 Å². The van der Waals surface area contributed by atoms with Crippen LogP contribution in [0.3, 0.4) is 0 Å². The lowest BCUT2D eigenvalue weighted by Crippen LogP contribution is -2.31. The molecular weight excluding hydrogens is 258 g/mol. The van der Waals surface area contributed by atoms with Crippen LogP contribution in [0.15, 0.2) is 35.7 Å². The zero-order valence-electron chi connectivity index (χ0n) is 10.8. The summed E-state index contributed by atoms with van der Waals surface area (Å²) >= 11 is 1.47. The topological polar surface area (TPSA) is 68.0 Å². The summed E-state index contributed by atoms with van der Waals surface area (Å²) in [6.07, 6.45) is 0. The molecule has 0 bridgehead atoms. The molecule has 1 aromatic carbocycles. The quantitative estimate of drug-likeness (QED) is 0.878. The van der Waals surface area contributed by atoms with Crippen LogP contribution in [-0.2, 0) is 0 Å². The Hall–Kier alpha value is -1.72. The third kappa shape index (κ3) is 3.62. The average molecular weight is 275 g/mol. The Morgan fingerprint density at radius 1 is 1.42 bits per heavy atom. The van der Waals surface area contributed by atoms with Gasteiger partial charge in [0, 0.05) is 17.5 Å². The van der Waals surface area contributed by atoms with Gasteiger partial charge in [-0.2, -0.15) is 0 Å². The molecule has 3 N–H and O–H groups in total. The van der Waals surface area contributed by atoms with Crippen molar-refractivity contribution in [3.63, 3.8) is 0 Å². The van der Waals surface area contributed by atoms with Crippen LogP contribution >= 0.6 is 11.3 Å². The van der Waals surface area contributed by atoms with E-state index in [4.69, 9.17) is 5.73 Å². The Morgan fingerprint density at radius 3 is 2.84 bits per heavy atom. The molecule has 0 aliphatic carbocycles. The van der Waals surface area contributed by atoms with E-state index in [2.05, 4.69) is 10.3 Å². The second-order valence-corrected chi connectivity index (χ2v) is 5.31. The van der Waals surface area contributed by atoms with E-state index < -0.39 is 0 Å². The molecule has 0 saturated heterocycles. The van der Waals surface area contributed by atoms with Crippen LogP contribution in [-0.4, -0.2) is 24.0 Å². The lowest BCUT2D eigenvalue weighted by molar-refractivity contribution is 0.0944. The first-order valence-electron chi connectivity index (χ1n) is 6.20. The molecule has 1 heterocycles. The number of thiazole rings is 1. The first kappa shape index (κ1) is 13.7. The molecule has 19 heavy (non-hydrogen) atoms. The van der Waals surface area contributed by atoms with E-state index in [1.807, 2.05) is 37.3 Å². The molecule has 100 valence electrons. The second-order valence-electron chi connectivity index (χ2n) is 4.45. The van der Waals surface area contributed by atoms with E-state index >= 15 is 0 Å². The molecule has 0 fully saturated rings. The molecule has 2 rings (SSSR count). The van der Waals surface area contributed by atoms with E-state index in [-0.39, 0.29) is 11.8 Å². The molecule has 1 aromatic heterocycles. The minimum atomic E-state index is -0.140. The summed E-state index contributed by atoms with van der Waals surface area (Å²) in [5.74, 6) is 0.134. The van der Waals surface area contributed by atoms with Crippen LogP contribution in [0, 0.1) is 5.92 Å². The summed E-state index contributed by atoms with van der Waals surface area (Å²) < 4.78 is 0. The highest BCUT2D eigenvalue weighted by atomic mass is 32.1. The third-order valence-electron chi connectivity index (χ3n) is 2.77. The minimum Gasteiger partial charge on any atom is -0.350 e. The van der Waals surface area contributed by atoms with Crippen molar-refractivity contribution in [3.05, 3.63) is 41.4 Å². The Bertz CT molecular complexity index is 539. The SMILES string of the molecule is CC(CN)CNC(=O)c1csc(-c2ccccc2)n1. The van der Waals surface area contributed by atoms with Crippen LogP contribution in [0.2, 0.25) is 0 Å². The van der Waals surface area contributed by atoms with E-state index in [1.54, 1.807) is 5.38 Å². The molecule has 0 saturated carbocycles. The number of benzene rings is 1. The molecule has 2 aromatic rings. The molecule has 0 radical (unpaired) electrons. The standard InChI is InChI=1S/C14H17N3OS/c1-10(7-15)8-16-13(18)12-9-19-14(17-12)11-5-3-2-4-6-11/h2-6,9-10H,7-8,15H2,1H3,(H,16,18). The fraction of sp³-hybridized carbons (Fsp3) is 0.286. The van der Waals surface area contributed by atoms with Crippen molar-refractivity contribution in [2.24, 2.45) is 11.7 Å². The molecule has 1 unspecified atom stereocenters. The summed E-state index contributed by atoms with van der Waals surface area (Å²) in [4.78, 5) is 16.3. The molecule has 0 aliphatic heterocycles. The molecule has 5 heteroatoms. The fourth-order valence-corrected chi connectivity index (χ4v) is 2.34. The van der Waals surface area contributed by atoms with Crippen molar-refractivity contribution in [1.82, 2.24) is 10.3 Å². The van der Waals surface area contributed by atoms with Crippen molar-refractivity contribution in [1.29, 1.82) is 0 Å². The maximum absolute atomic E-state index is 11.9. The van der Waals surface area contributed by atoms with Crippen LogP contribution in [0.25, 0.3) is 10.6 Å². The van der Waals surface area contributed by atoms with Crippen molar-refractivity contribution in [2.75, 3.05) is 13.1 Å². The van der Waals surface area contributed by atoms with Crippen molar-refractivity contribution in [3.8, 4) is 10.6 Å². The zero-order valence-corrected chi connectivity index (χ0v) is 11.6. The summed E-state index contributed by atoms with van der Waals surface area (Å²) in [5.41, 5.74) is 7.01. The van der Waals surface area contributed by atoms with Crippen molar-refractivity contribution in [2.45, 2.75) is 6.92 Å². The second kappa shape index (κ2) is 6.45. The average Bonchev–Trinajstić information content (AvgIpc) is 2.95. The first-order valence-corrected chi connectivity index (χ1v) is 7.08. The van der Waals surface area contributed by atoms with Gasteiger partial charge in [0.05, 0.1) is 0 Å². The minimum absolute atomic E-state index is 0.140. The normalized spacial score (nSPS) is 12.1. The number of nitrogens with zero attached hydrogens (tertiary/aromatic N) is 1. The summed E-state index contributed by atoms with van der Waals surface area (Å²) in [5, 5.41) is 5.48. The lowest BCUT2D eigenvalue weighted by Gasteiger charge is -2.08. The Morgan fingerprint density at radius 2 is 2.16 bits per heavy atom. The number of rotatable bonds is 5. The zero-order chi connectivity index (χ0) is 13.7. The van der Waals surface area contributed by atoms with Gasteiger partial charge in [-0.15, -0.1) is 11.3 Å². The summed E-state index contributed by atoms with van der Waals surface area (Å²) in [6.45, 7) is 3.14. The Kier molecular flexibility index (Phi) is 4.65. The van der Waals surface area contributed by atoms with Gasteiger partial charge in [-0.05, 0) is 12.5 Å². The van der Waals surface area contributed by atoms with Gasteiger partial charge in [-0.1, -0.05) is 37.3 Å². The van der Waals surface area contributed by atoms with Gasteiger partial charge in [-0.25, -0.2) is 4.98 Å². The fourth-order valence-electron chi connectivity index (χ4n) is 1.53. The Labute approximate surface area is 116 Å². The summed E-state index contributed by atoms with van der Waals surface area (Å²) in [7, 11) is 0. The van der Waals surface area contributed by atoms with E-state index in [1.165, 1.54) is 11.3 Å². The highest BCUT2D eigenvalue weighted by molar-refractivity contribution is 7.13. The van der Waals surface area contributed by atoms with Gasteiger partial charge >= 0.3 is 0 Å². The molecular formula is C14H17N3OS. The number of carbonyl (C=O) groups is 1. The maximum atomic E-state index is 11.9. The predicted octanol–water partition coefficient (Wildman–Crippen LogP) is 2.13. The number of carbonyl (C=O) groups excluding carboxylic acids is 1. The highest BCUT2D eigenvalue weighted by Gasteiger charge is 2.12. The van der Waals surface area contributed by atoms with Gasteiger partial charge < -0.3 is 11.1 Å². The molecule has 0 aliphatic rings. The smallest absolute Gasteiger partial charge is 0.270 e. The van der Waals surface area contributed by atoms with Crippen LogP contribution in [0.1, 0.15) is 17.4 Å². The van der Waals surface area contributed by atoms with E-state index in [9.17, 15) is 4.79 Å². The van der Waals surface area contributed by atoms with Crippen LogP contribution < -0.4 is 11.1 Å². The number of nitrogens with one attached hydrogen (secondary N) is 1. The van der Waals surface area contributed by atoms with Gasteiger partial charge in [0.15, 0.2) is 0 Å². The van der Waals surface area contributed by atoms with Crippen molar-refractivity contribution < 1.29 is 4.79 Å². The van der Waals surface area contributed by atoms with Gasteiger partial charge in [0.2, 0.25) is 0 Å². The highest BCUT2D eigenvalue weighted by Crippen LogP contribution is 2.23. The predicted molar refractivity (Wildman–Crippen MR) is 78.1 cm³/mol. The maximum Gasteiger partial charge on any atom is 0.270 e. The molecule has 1 atom stereocenters. The first-order chi connectivity index (χ1) is 9.20. The van der Waals surface area contributed by atoms with Gasteiger partial charge in [0.25, 0.3) is 5.91 Å². The van der Waals surface area contributed by atoms with E-state index in [0.717, 1.165) is 10.6 Å². The third-order valence-corrected chi connectivity index (χ3v) is 3.66. The monoisotopic (exact) mass is 275 g/mol. The van der Waals surface area contributed by atoms with Gasteiger partial charge in [0.1, 0.15) is 10.7 Å². The molecule has 1 amide bonds. The van der Waals surface area contributed by atoms with Gasteiger partial charge in [-0.3, -0.25) is 4.79 Å². The number of amides is 1. The number of nitrogens with two attached hydrogens (primary N) is 1. The molecule has 4 nitrogen and oxygen atoms in total. The number of aromatic nitrogens is 1. The van der Waals surface area contributed by atoms with Crippen LogP contribution in [0.5, 0.6) is 0 Å². The number of hydrogen-bond acceptors (Lipinski definition) is 4. The van der Waals surface area contributed by atoms with E-state index in [0.29, 0.717) is 18.8 Å². The lowest BCUT2D eigenvalue weighted by atomic mass is 10.2. The largest absolute Gasteiger partial charge is 0.350 e.